The van der Waals surface area contributed by atoms with Gasteiger partial charge < -0.3 is 24.4 Å². The van der Waals surface area contributed by atoms with Crippen LogP contribution in [-0.4, -0.2) is 60.2 Å². The highest BCUT2D eigenvalue weighted by Crippen LogP contribution is 2.17. The fraction of sp³-hybridized carbons (Fsp3) is 0.381. The Kier molecular flexibility index (Phi) is 6.74. The van der Waals surface area contributed by atoms with Crippen molar-refractivity contribution in [1.82, 2.24) is 19.8 Å². The van der Waals surface area contributed by atoms with E-state index in [4.69, 9.17) is 11.2 Å². The van der Waals surface area contributed by atoms with Gasteiger partial charge in [0.1, 0.15) is 12.4 Å². The first kappa shape index (κ1) is 20.3. The van der Waals surface area contributed by atoms with Crippen molar-refractivity contribution in [3.05, 3.63) is 52.6 Å². The third kappa shape index (κ3) is 4.88. The molecule has 3 rings (SSSR count). The summed E-state index contributed by atoms with van der Waals surface area (Å²) in [7, 11) is 3.50. The predicted octanol–water partition coefficient (Wildman–Crippen LogP) is 0.690. The van der Waals surface area contributed by atoms with Gasteiger partial charge in [-0.2, -0.15) is 0 Å². The van der Waals surface area contributed by atoms with Crippen LogP contribution in [-0.2, 0) is 13.6 Å². The van der Waals surface area contributed by atoms with E-state index in [0.29, 0.717) is 25.5 Å². The number of piperazine rings is 1. The van der Waals surface area contributed by atoms with Gasteiger partial charge in [-0.05, 0) is 6.07 Å². The molecule has 29 heavy (non-hydrogen) atoms. The Morgan fingerprint density at radius 1 is 1.31 bits per heavy atom. The summed E-state index contributed by atoms with van der Waals surface area (Å²) in [4.78, 5) is 25.2. The Hall–Kier alpha value is -3.47. The van der Waals surface area contributed by atoms with Crippen LogP contribution in [0.25, 0.3) is 0 Å². The van der Waals surface area contributed by atoms with Crippen LogP contribution in [0.5, 0.6) is 5.75 Å². The van der Waals surface area contributed by atoms with Crippen LogP contribution in [0, 0.1) is 12.3 Å². The highest BCUT2D eigenvalue weighted by atomic mass is 16.5. The number of hydrogen-bond donors (Lipinski definition) is 1. The Labute approximate surface area is 170 Å². The number of terminal acetylenes is 1. The predicted molar refractivity (Wildman–Crippen MR) is 114 cm³/mol. The van der Waals surface area contributed by atoms with E-state index in [1.165, 1.54) is 0 Å². The van der Waals surface area contributed by atoms with Gasteiger partial charge in [0.15, 0.2) is 11.8 Å². The van der Waals surface area contributed by atoms with Crippen molar-refractivity contribution in [2.75, 3.05) is 44.7 Å². The highest BCUT2D eigenvalue weighted by Gasteiger charge is 2.22. The third-order valence-electron chi connectivity index (χ3n) is 4.81. The van der Waals surface area contributed by atoms with Gasteiger partial charge in [0.05, 0.1) is 0 Å². The lowest BCUT2D eigenvalue weighted by atomic mass is 10.2. The standard InChI is InChI=1S/C21H26N6O2/c1-4-15-29-18-8-6-5-7-17(18)16-24-21(22-2)27-13-11-26(12-14-27)19-20(28)25(3)10-9-23-19/h1,5-10H,11-16H2,2-3H3,(H,22,24). The van der Waals surface area contributed by atoms with Gasteiger partial charge in [0, 0.05) is 64.8 Å². The van der Waals surface area contributed by atoms with Gasteiger partial charge in [0.25, 0.3) is 5.56 Å². The van der Waals surface area contributed by atoms with Crippen molar-refractivity contribution in [3.8, 4) is 18.1 Å². The van der Waals surface area contributed by atoms with Crippen molar-refractivity contribution in [2.45, 2.75) is 6.54 Å². The van der Waals surface area contributed by atoms with E-state index in [-0.39, 0.29) is 12.2 Å². The molecule has 0 unspecified atom stereocenters. The molecule has 0 atom stereocenters. The van der Waals surface area contributed by atoms with Crippen LogP contribution >= 0.6 is 0 Å². The number of ether oxygens (including phenoxy) is 1. The van der Waals surface area contributed by atoms with Gasteiger partial charge in [0.2, 0.25) is 0 Å². The van der Waals surface area contributed by atoms with Crippen molar-refractivity contribution < 1.29 is 4.74 Å². The van der Waals surface area contributed by atoms with Gasteiger partial charge in [-0.3, -0.25) is 9.79 Å². The maximum absolute atomic E-state index is 12.3. The summed E-state index contributed by atoms with van der Waals surface area (Å²) in [5, 5.41) is 3.39. The van der Waals surface area contributed by atoms with Crippen LogP contribution in [0.2, 0.25) is 0 Å². The summed E-state index contributed by atoms with van der Waals surface area (Å²) >= 11 is 0. The summed E-state index contributed by atoms with van der Waals surface area (Å²) in [5.41, 5.74) is 0.937. The molecule has 2 heterocycles. The molecule has 1 saturated heterocycles. The quantitative estimate of drug-likeness (QED) is 0.457. The van der Waals surface area contributed by atoms with Crippen LogP contribution in [0.4, 0.5) is 5.82 Å². The molecule has 1 fully saturated rings. The minimum absolute atomic E-state index is 0.0768. The number of benzene rings is 1. The lowest BCUT2D eigenvalue weighted by Crippen LogP contribution is -2.53. The lowest BCUT2D eigenvalue weighted by molar-refractivity contribution is 0.361. The second-order valence-electron chi connectivity index (χ2n) is 6.64. The molecule has 0 amide bonds. The average Bonchev–Trinajstić information content (AvgIpc) is 2.76. The number of rotatable bonds is 5. The van der Waals surface area contributed by atoms with Crippen molar-refractivity contribution in [3.63, 3.8) is 0 Å². The minimum atomic E-state index is -0.0768. The number of aromatic nitrogens is 2. The molecule has 8 nitrogen and oxygen atoms in total. The van der Waals surface area contributed by atoms with E-state index >= 15 is 0 Å². The van der Waals surface area contributed by atoms with Gasteiger partial charge in [-0.15, -0.1) is 6.42 Å². The molecule has 0 saturated carbocycles. The summed E-state index contributed by atoms with van der Waals surface area (Å²) in [6.45, 7) is 3.71. The average molecular weight is 394 g/mol. The molecule has 1 aliphatic heterocycles. The van der Waals surface area contributed by atoms with E-state index in [1.54, 1.807) is 31.1 Å². The van der Waals surface area contributed by atoms with Crippen LogP contribution in [0.1, 0.15) is 5.56 Å². The van der Waals surface area contributed by atoms with Crippen molar-refractivity contribution in [2.24, 2.45) is 12.0 Å². The van der Waals surface area contributed by atoms with Gasteiger partial charge >= 0.3 is 0 Å². The normalized spacial score (nSPS) is 14.4. The zero-order valence-corrected chi connectivity index (χ0v) is 16.8. The number of guanidine groups is 1. The molecule has 0 aliphatic carbocycles. The summed E-state index contributed by atoms with van der Waals surface area (Å²) in [5.74, 6) is 4.56. The zero-order chi connectivity index (χ0) is 20.6. The molecule has 2 aromatic rings. The molecule has 1 aliphatic rings. The molecule has 1 aromatic heterocycles. The SMILES string of the molecule is C#CCOc1ccccc1CNC(=NC)N1CCN(c2nccn(C)c2=O)CC1. The summed E-state index contributed by atoms with van der Waals surface area (Å²) < 4.78 is 7.16. The number of para-hydroxylation sites is 1. The molecule has 1 aromatic carbocycles. The largest absolute Gasteiger partial charge is 0.481 e. The fourth-order valence-corrected chi connectivity index (χ4v) is 3.25. The number of hydrogen-bond acceptors (Lipinski definition) is 5. The zero-order valence-electron chi connectivity index (χ0n) is 16.8. The lowest BCUT2D eigenvalue weighted by Gasteiger charge is -2.36. The van der Waals surface area contributed by atoms with E-state index in [0.717, 1.165) is 30.4 Å². The first-order chi connectivity index (χ1) is 14.1. The smallest absolute Gasteiger partial charge is 0.293 e. The first-order valence-corrected chi connectivity index (χ1v) is 9.50. The van der Waals surface area contributed by atoms with Crippen LogP contribution < -0.4 is 20.5 Å². The number of nitrogens with one attached hydrogen (secondary N) is 1. The number of anilines is 1. The molecular weight excluding hydrogens is 368 g/mol. The van der Waals surface area contributed by atoms with Crippen LogP contribution in [0.15, 0.2) is 46.4 Å². The third-order valence-corrected chi connectivity index (χ3v) is 4.81. The Morgan fingerprint density at radius 2 is 2.07 bits per heavy atom. The molecule has 1 N–H and O–H groups in total. The fourth-order valence-electron chi connectivity index (χ4n) is 3.25. The molecule has 0 bridgehead atoms. The summed E-state index contributed by atoms with van der Waals surface area (Å²) in [6.07, 6.45) is 8.61. The number of nitrogens with zero attached hydrogens (tertiary/aromatic N) is 5. The van der Waals surface area contributed by atoms with E-state index in [2.05, 4.69) is 26.1 Å². The van der Waals surface area contributed by atoms with E-state index in [9.17, 15) is 4.79 Å². The molecule has 0 spiro atoms. The molecule has 152 valence electrons. The van der Waals surface area contributed by atoms with Crippen molar-refractivity contribution >= 4 is 11.8 Å². The Bertz CT molecular complexity index is 954. The number of aryl methyl sites for hydroxylation is 1. The monoisotopic (exact) mass is 394 g/mol. The molecule has 0 radical (unpaired) electrons. The van der Waals surface area contributed by atoms with Gasteiger partial charge in [-0.1, -0.05) is 24.1 Å². The van der Waals surface area contributed by atoms with Crippen molar-refractivity contribution in [1.29, 1.82) is 0 Å². The second-order valence-corrected chi connectivity index (χ2v) is 6.64. The molecule has 8 heteroatoms. The second kappa shape index (κ2) is 9.64. The Morgan fingerprint density at radius 3 is 2.79 bits per heavy atom. The minimum Gasteiger partial charge on any atom is -0.481 e. The highest BCUT2D eigenvalue weighted by molar-refractivity contribution is 5.80. The topological polar surface area (TPSA) is 75.0 Å². The molecular formula is C21H26N6O2. The maximum Gasteiger partial charge on any atom is 0.293 e. The number of aliphatic imine (C=N–C) groups is 1. The summed E-state index contributed by atoms with van der Waals surface area (Å²) in [6, 6.07) is 7.80. The van der Waals surface area contributed by atoms with Gasteiger partial charge in [-0.25, -0.2) is 4.98 Å². The first-order valence-electron chi connectivity index (χ1n) is 9.50. The van der Waals surface area contributed by atoms with Crippen LogP contribution in [0.3, 0.4) is 0 Å². The van der Waals surface area contributed by atoms with E-state index in [1.807, 2.05) is 29.2 Å². The van der Waals surface area contributed by atoms with E-state index < -0.39 is 0 Å². The Balaban J connectivity index is 1.60. The maximum atomic E-state index is 12.3.